The Kier molecular flexibility index (Phi) is 5.70. The van der Waals surface area contributed by atoms with E-state index in [1.807, 2.05) is 30.3 Å². The van der Waals surface area contributed by atoms with Crippen LogP contribution in [-0.2, 0) is 17.9 Å². The van der Waals surface area contributed by atoms with Crippen molar-refractivity contribution in [1.29, 1.82) is 0 Å². The van der Waals surface area contributed by atoms with E-state index in [2.05, 4.69) is 39.0 Å². The molecule has 0 spiro atoms. The first kappa shape index (κ1) is 16.5. The highest BCUT2D eigenvalue weighted by molar-refractivity contribution is 9.10. The van der Waals surface area contributed by atoms with Gasteiger partial charge < -0.3 is 9.47 Å². The summed E-state index contributed by atoms with van der Waals surface area (Å²) in [5.74, 6) is 0.956. The second kappa shape index (κ2) is 7.95. The molecule has 0 bridgehead atoms. The molecule has 0 aromatic heterocycles. The minimum absolute atomic E-state index is 0.357. The summed E-state index contributed by atoms with van der Waals surface area (Å²) in [4.78, 5) is 2.42. The third-order valence-corrected chi connectivity index (χ3v) is 4.71. The molecular weight excluding hydrogens is 354 g/mol. The fourth-order valence-electron chi connectivity index (χ4n) is 2.92. The summed E-state index contributed by atoms with van der Waals surface area (Å²) < 4.78 is 12.6. The molecule has 122 valence electrons. The fraction of sp³-hybridized carbons (Fsp3) is 0.368. The zero-order valence-corrected chi connectivity index (χ0v) is 15.0. The number of hydrogen-bond acceptors (Lipinski definition) is 3. The molecule has 2 aromatic rings. The van der Waals surface area contributed by atoms with Gasteiger partial charge in [0.05, 0.1) is 6.10 Å². The van der Waals surface area contributed by atoms with E-state index < -0.39 is 0 Å². The molecule has 1 unspecified atom stereocenters. The molecule has 0 radical (unpaired) electrons. The molecule has 1 aliphatic heterocycles. The molecule has 0 aliphatic carbocycles. The van der Waals surface area contributed by atoms with Gasteiger partial charge in [0.1, 0.15) is 12.4 Å². The molecule has 0 amide bonds. The Morgan fingerprint density at radius 1 is 1.17 bits per heavy atom. The first-order valence-corrected chi connectivity index (χ1v) is 8.74. The van der Waals surface area contributed by atoms with Crippen LogP contribution in [0.5, 0.6) is 5.75 Å². The average Bonchev–Trinajstić information content (AvgIpc) is 3.03. The number of hydrogen-bond donors (Lipinski definition) is 0. The number of ether oxygens (including phenoxy) is 2. The van der Waals surface area contributed by atoms with Crippen molar-refractivity contribution in [2.75, 3.05) is 20.2 Å². The van der Waals surface area contributed by atoms with Crippen molar-refractivity contribution >= 4 is 15.9 Å². The zero-order chi connectivity index (χ0) is 16.1. The summed E-state index contributed by atoms with van der Waals surface area (Å²) in [7, 11) is 1.79. The van der Waals surface area contributed by atoms with Crippen molar-refractivity contribution in [3.8, 4) is 5.75 Å². The topological polar surface area (TPSA) is 21.7 Å². The lowest BCUT2D eigenvalue weighted by molar-refractivity contribution is 0.107. The Bertz CT molecular complexity index is 633. The van der Waals surface area contributed by atoms with Crippen molar-refractivity contribution in [2.24, 2.45) is 0 Å². The maximum absolute atomic E-state index is 6.06. The lowest BCUT2D eigenvalue weighted by atomic mass is 10.2. The molecule has 4 heteroatoms. The van der Waals surface area contributed by atoms with Crippen molar-refractivity contribution in [3.63, 3.8) is 0 Å². The number of nitrogens with zero attached hydrogens (tertiary/aromatic N) is 1. The summed E-state index contributed by atoms with van der Waals surface area (Å²) in [6.45, 7) is 3.55. The van der Waals surface area contributed by atoms with Crippen LogP contribution in [0.25, 0.3) is 0 Å². The number of halogens is 1. The van der Waals surface area contributed by atoms with Crippen molar-refractivity contribution in [1.82, 2.24) is 4.90 Å². The Morgan fingerprint density at radius 2 is 2.00 bits per heavy atom. The minimum atomic E-state index is 0.357. The zero-order valence-electron chi connectivity index (χ0n) is 13.4. The first-order valence-electron chi connectivity index (χ1n) is 7.95. The SMILES string of the molecule is COC1CCN(Cc2cc(Br)ccc2OCc2ccccc2)C1. The van der Waals surface area contributed by atoms with Crippen LogP contribution in [0.15, 0.2) is 53.0 Å². The molecule has 1 fully saturated rings. The van der Waals surface area contributed by atoms with Gasteiger partial charge in [-0.2, -0.15) is 0 Å². The Hall–Kier alpha value is -1.36. The second-order valence-corrected chi connectivity index (χ2v) is 6.82. The predicted molar refractivity (Wildman–Crippen MR) is 95.6 cm³/mol. The van der Waals surface area contributed by atoms with E-state index in [-0.39, 0.29) is 0 Å². The van der Waals surface area contributed by atoms with E-state index in [0.29, 0.717) is 12.7 Å². The Morgan fingerprint density at radius 3 is 2.74 bits per heavy atom. The predicted octanol–water partition coefficient (Wildman–Crippen LogP) is 4.25. The molecular formula is C19H22BrNO2. The van der Waals surface area contributed by atoms with E-state index in [0.717, 1.165) is 36.3 Å². The summed E-state index contributed by atoms with van der Waals surface area (Å²) in [5.41, 5.74) is 2.40. The van der Waals surface area contributed by atoms with E-state index in [1.54, 1.807) is 7.11 Å². The fourth-order valence-corrected chi connectivity index (χ4v) is 3.33. The molecule has 1 saturated heterocycles. The standard InChI is InChI=1S/C19H22BrNO2/c1-22-18-9-10-21(13-18)12-16-11-17(20)7-8-19(16)23-14-15-5-3-2-4-6-15/h2-8,11,18H,9-10,12-14H2,1H3. The normalized spacial score (nSPS) is 18.3. The van der Waals surface area contributed by atoms with Gasteiger partial charge in [-0.3, -0.25) is 4.90 Å². The van der Waals surface area contributed by atoms with E-state index in [9.17, 15) is 0 Å². The smallest absolute Gasteiger partial charge is 0.124 e. The second-order valence-electron chi connectivity index (χ2n) is 5.91. The third kappa shape index (κ3) is 4.56. The number of rotatable bonds is 6. The van der Waals surface area contributed by atoms with Crippen LogP contribution in [0.2, 0.25) is 0 Å². The van der Waals surface area contributed by atoms with Crippen LogP contribution < -0.4 is 4.74 Å². The van der Waals surface area contributed by atoms with Crippen molar-refractivity contribution in [3.05, 3.63) is 64.1 Å². The largest absolute Gasteiger partial charge is 0.489 e. The monoisotopic (exact) mass is 375 g/mol. The maximum Gasteiger partial charge on any atom is 0.124 e. The highest BCUT2D eigenvalue weighted by Crippen LogP contribution is 2.27. The van der Waals surface area contributed by atoms with Crippen molar-refractivity contribution < 1.29 is 9.47 Å². The number of methoxy groups -OCH3 is 1. The van der Waals surface area contributed by atoms with Gasteiger partial charge >= 0.3 is 0 Å². The summed E-state index contributed by atoms with van der Waals surface area (Å²) >= 11 is 3.57. The molecule has 1 aliphatic rings. The van der Waals surface area contributed by atoms with Crippen LogP contribution in [-0.4, -0.2) is 31.2 Å². The third-order valence-electron chi connectivity index (χ3n) is 4.22. The molecule has 3 rings (SSSR count). The highest BCUT2D eigenvalue weighted by Gasteiger charge is 2.22. The molecule has 3 nitrogen and oxygen atoms in total. The van der Waals surface area contributed by atoms with Gasteiger partial charge in [0.15, 0.2) is 0 Å². The number of benzene rings is 2. The van der Waals surface area contributed by atoms with Gasteiger partial charge in [0, 0.05) is 36.8 Å². The summed E-state index contributed by atoms with van der Waals surface area (Å²) in [6.07, 6.45) is 1.46. The average molecular weight is 376 g/mol. The summed E-state index contributed by atoms with van der Waals surface area (Å²) in [5, 5.41) is 0. The van der Waals surface area contributed by atoms with E-state index in [1.165, 1.54) is 11.1 Å². The molecule has 1 atom stereocenters. The molecule has 23 heavy (non-hydrogen) atoms. The Labute approximate surface area is 146 Å². The van der Waals surface area contributed by atoms with Crippen LogP contribution in [0.3, 0.4) is 0 Å². The van der Waals surface area contributed by atoms with Gasteiger partial charge in [-0.05, 0) is 30.2 Å². The first-order chi connectivity index (χ1) is 11.2. The quantitative estimate of drug-likeness (QED) is 0.753. The van der Waals surface area contributed by atoms with Crippen molar-refractivity contribution in [2.45, 2.75) is 25.7 Å². The number of likely N-dealkylation sites (tertiary alicyclic amines) is 1. The lowest BCUT2D eigenvalue weighted by Gasteiger charge is -2.19. The van der Waals surface area contributed by atoms with Gasteiger partial charge in [0.2, 0.25) is 0 Å². The van der Waals surface area contributed by atoms with Crippen LogP contribution in [0.4, 0.5) is 0 Å². The molecule has 2 aromatic carbocycles. The lowest BCUT2D eigenvalue weighted by Crippen LogP contribution is -2.22. The van der Waals surface area contributed by atoms with Gasteiger partial charge in [0.25, 0.3) is 0 Å². The van der Waals surface area contributed by atoms with Crippen LogP contribution in [0.1, 0.15) is 17.5 Å². The van der Waals surface area contributed by atoms with Crippen LogP contribution >= 0.6 is 15.9 Å². The molecule has 0 saturated carbocycles. The summed E-state index contributed by atoms with van der Waals surface area (Å²) in [6, 6.07) is 16.5. The Balaban J connectivity index is 1.68. The molecule has 0 N–H and O–H groups in total. The van der Waals surface area contributed by atoms with Gasteiger partial charge in [-0.1, -0.05) is 46.3 Å². The van der Waals surface area contributed by atoms with E-state index in [4.69, 9.17) is 9.47 Å². The maximum atomic E-state index is 6.06. The van der Waals surface area contributed by atoms with Gasteiger partial charge in [-0.25, -0.2) is 0 Å². The highest BCUT2D eigenvalue weighted by atomic mass is 79.9. The van der Waals surface area contributed by atoms with Crippen LogP contribution in [0, 0.1) is 0 Å². The minimum Gasteiger partial charge on any atom is -0.489 e. The molecule has 1 heterocycles. The van der Waals surface area contributed by atoms with Gasteiger partial charge in [-0.15, -0.1) is 0 Å². The van der Waals surface area contributed by atoms with E-state index >= 15 is 0 Å².